The summed E-state index contributed by atoms with van der Waals surface area (Å²) < 4.78 is 0. The molecule has 3 rings (SSSR count). The fourth-order valence-electron chi connectivity index (χ4n) is 2.84. The highest BCUT2D eigenvalue weighted by Crippen LogP contribution is 2.31. The molecule has 1 aliphatic carbocycles. The maximum atomic E-state index is 12.6. The minimum atomic E-state index is 0.148. The van der Waals surface area contributed by atoms with Gasteiger partial charge in [0, 0.05) is 21.2 Å². The summed E-state index contributed by atoms with van der Waals surface area (Å²) >= 11 is 1.72. The highest BCUT2D eigenvalue weighted by Gasteiger charge is 2.29. The second-order valence-electron chi connectivity index (χ2n) is 5.07. The number of carbonyl (C=O) groups is 1. The summed E-state index contributed by atoms with van der Waals surface area (Å²) in [5.41, 5.74) is 3.64. The summed E-state index contributed by atoms with van der Waals surface area (Å²) in [4.78, 5) is 14.9. The predicted molar refractivity (Wildman–Crippen MR) is 75.5 cm³/mol. The van der Waals surface area contributed by atoms with E-state index in [-0.39, 0.29) is 5.92 Å². The van der Waals surface area contributed by atoms with Crippen LogP contribution >= 0.6 is 11.3 Å². The van der Waals surface area contributed by atoms with Crippen LogP contribution in [0.1, 0.15) is 31.2 Å². The van der Waals surface area contributed by atoms with Crippen molar-refractivity contribution >= 4 is 17.1 Å². The number of benzene rings is 1. The van der Waals surface area contributed by atoms with Gasteiger partial charge in [0.2, 0.25) is 0 Å². The van der Waals surface area contributed by atoms with E-state index in [0.717, 1.165) is 23.3 Å². The Labute approximate surface area is 111 Å². The molecule has 0 fully saturated rings. The average Bonchev–Trinajstić information content (AvgIpc) is 2.91. The maximum absolute atomic E-state index is 12.6. The molecule has 0 atom stereocenters. The molecule has 1 aliphatic rings. The smallest absolute Gasteiger partial charge is 0.167 e. The third-order valence-electron chi connectivity index (χ3n) is 3.73. The van der Waals surface area contributed by atoms with Crippen molar-refractivity contribution in [2.45, 2.75) is 26.7 Å². The van der Waals surface area contributed by atoms with Crippen molar-refractivity contribution in [2.24, 2.45) is 5.92 Å². The van der Waals surface area contributed by atoms with Crippen molar-refractivity contribution in [1.82, 2.24) is 0 Å². The molecule has 0 spiro atoms. The van der Waals surface area contributed by atoms with Crippen LogP contribution in [-0.2, 0) is 12.8 Å². The Morgan fingerprint density at radius 1 is 1.17 bits per heavy atom. The number of rotatable bonds is 2. The lowest BCUT2D eigenvalue weighted by atomic mass is 9.95. The highest BCUT2D eigenvalue weighted by atomic mass is 32.1. The molecular weight excluding hydrogens is 240 g/mol. The molecule has 0 N–H and O–H groups in total. The molecule has 0 amide bonds. The molecule has 0 saturated heterocycles. The van der Waals surface area contributed by atoms with E-state index < -0.39 is 0 Å². The first kappa shape index (κ1) is 11.7. The zero-order chi connectivity index (χ0) is 12.7. The molecule has 0 saturated carbocycles. The molecule has 0 radical (unpaired) electrons. The Balaban J connectivity index is 1.87. The van der Waals surface area contributed by atoms with Crippen molar-refractivity contribution < 1.29 is 4.79 Å². The van der Waals surface area contributed by atoms with Crippen LogP contribution < -0.4 is 0 Å². The molecule has 1 aromatic heterocycles. The molecule has 0 aliphatic heterocycles. The first-order valence-electron chi connectivity index (χ1n) is 6.33. The van der Waals surface area contributed by atoms with E-state index in [2.05, 4.69) is 31.2 Å². The molecular formula is C16H16OS. The van der Waals surface area contributed by atoms with Gasteiger partial charge in [-0.2, -0.15) is 0 Å². The number of hydrogen-bond donors (Lipinski definition) is 0. The minimum Gasteiger partial charge on any atom is -0.294 e. The standard InChI is InChI=1S/C16H16OS/c1-10-7-15(11(2)18-10)16(17)14-8-12-5-3-4-6-13(12)9-14/h3-7,14H,8-9H2,1-2H3. The molecule has 1 heterocycles. The van der Waals surface area contributed by atoms with Crippen LogP contribution in [0, 0.1) is 19.8 Å². The van der Waals surface area contributed by atoms with Gasteiger partial charge in [0.1, 0.15) is 0 Å². The van der Waals surface area contributed by atoms with Gasteiger partial charge in [-0.1, -0.05) is 24.3 Å². The van der Waals surface area contributed by atoms with E-state index in [1.165, 1.54) is 16.0 Å². The lowest BCUT2D eigenvalue weighted by Gasteiger charge is -2.07. The quantitative estimate of drug-likeness (QED) is 0.743. The van der Waals surface area contributed by atoms with Gasteiger partial charge in [-0.05, 0) is 43.9 Å². The molecule has 2 aromatic rings. The van der Waals surface area contributed by atoms with Gasteiger partial charge in [0.25, 0.3) is 0 Å². The highest BCUT2D eigenvalue weighted by molar-refractivity contribution is 7.12. The number of ketones is 1. The maximum Gasteiger partial charge on any atom is 0.167 e. The second-order valence-corrected chi connectivity index (χ2v) is 6.53. The zero-order valence-electron chi connectivity index (χ0n) is 10.7. The van der Waals surface area contributed by atoms with E-state index in [9.17, 15) is 4.79 Å². The van der Waals surface area contributed by atoms with Gasteiger partial charge < -0.3 is 0 Å². The number of fused-ring (bicyclic) bond motifs is 1. The van der Waals surface area contributed by atoms with Crippen molar-refractivity contribution in [3.8, 4) is 0 Å². The lowest BCUT2D eigenvalue weighted by Crippen LogP contribution is -2.15. The number of carbonyl (C=O) groups excluding carboxylic acids is 1. The SMILES string of the molecule is Cc1cc(C(=O)C2Cc3ccccc3C2)c(C)s1. The summed E-state index contributed by atoms with van der Waals surface area (Å²) in [6.45, 7) is 4.12. The van der Waals surface area contributed by atoms with Crippen molar-refractivity contribution in [3.63, 3.8) is 0 Å². The second kappa shape index (κ2) is 4.36. The Morgan fingerprint density at radius 2 is 1.78 bits per heavy atom. The summed E-state index contributed by atoms with van der Waals surface area (Å²) in [6.07, 6.45) is 1.81. The van der Waals surface area contributed by atoms with Crippen LogP contribution in [0.3, 0.4) is 0 Å². The van der Waals surface area contributed by atoms with Crippen LogP contribution in [-0.4, -0.2) is 5.78 Å². The first-order chi connectivity index (χ1) is 8.65. The molecule has 1 aromatic carbocycles. The van der Waals surface area contributed by atoms with Crippen molar-refractivity contribution in [3.05, 3.63) is 56.8 Å². The first-order valence-corrected chi connectivity index (χ1v) is 7.15. The molecule has 2 heteroatoms. The molecule has 0 unspecified atom stereocenters. The average molecular weight is 256 g/mol. The fourth-order valence-corrected chi connectivity index (χ4v) is 3.77. The van der Waals surface area contributed by atoms with E-state index in [1.54, 1.807) is 11.3 Å². The van der Waals surface area contributed by atoms with Gasteiger partial charge >= 0.3 is 0 Å². The Kier molecular flexibility index (Phi) is 2.83. The Bertz CT molecular complexity index is 584. The monoisotopic (exact) mass is 256 g/mol. The number of Topliss-reactive ketones (excluding diaryl/α,β-unsaturated/α-hetero) is 1. The Morgan fingerprint density at radius 3 is 2.28 bits per heavy atom. The summed E-state index contributed by atoms with van der Waals surface area (Å²) in [5, 5.41) is 0. The minimum absolute atomic E-state index is 0.148. The largest absolute Gasteiger partial charge is 0.294 e. The molecule has 92 valence electrons. The van der Waals surface area contributed by atoms with E-state index in [0.29, 0.717) is 5.78 Å². The van der Waals surface area contributed by atoms with E-state index in [1.807, 2.05) is 13.0 Å². The summed E-state index contributed by atoms with van der Waals surface area (Å²) in [6, 6.07) is 10.5. The molecule has 0 bridgehead atoms. The number of aryl methyl sites for hydroxylation is 2. The summed E-state index contributed by atoms with van der Waals surface area (Å²) in [7, 11) is 0. The fraction of sp³-hybridized carbons (Fsp3) is 0.312. The van der Waals surface area contributed by atoms with Gasteiger partial charge in [-0.15, -0.1) is 11.3 Å². The van der Waals surface area contributed by atoms with Gasteiger partial charge in [-0.25, -0.2) is 0 Å². The van der Waals surface area contributed by atoms with E-state index >= 15 is 0 Å². The van der Waals surface area contributed by atoms with Gasteiger partial charge in [-0.3, -0.25) is 4.79 Å². The van der Waals surface area contributed by atoms with Crippen LogP contribution in [0.15, 0.2) is 30.3 Å². The van der Waals surface area contributed by atoms with Crippen LogP contribution in [0.4, 0.5) is 0 Å². The van der Waals surface area contributed by atoms with Crippen molar-refractivity contribution in [1.29, 1.82) is 0 Å². The third kappa shape index (κ3) is 1.91. The topological polar surface area (TPSA) is 17.1 Å². The Hall–Kier alpha value is -1.41. The van der Waals surface area contributed by atoms with Gasteiger partial charge in [0.15, 0.2) is 5.78 Å². The van der Waals surface area contributed by atoms with Crippen LogP contribution in [0.25, 0.3) is 0 Å². The van der Waals surface area contributed by atoms with Crippen LogP contribution in [0.2, 0.25) is 0 Å². The summed E-state index contributed by atoms with van der Waals surface area (Å²) in [5.74, 6) is 0.475. The van der Waals surface area contributed by atoms with E-state index in [4.69, 9.17) is 0 Å². The number of hydrogen-bond acceptors (Lipinski definition) is 2. The molecule has 18 heavy (non-hydrogen) atoms. The third-order valence-corrected chi connectivity index (χ3v) is 4.69. The van der Waals surface area contributed by atoms with Crippen LogP contribution in [0.5, 0.6) is 0 Å². The number of thiophene rings is 1. The predicted octanol–water partition coefficient (Wildman–Crippen LogP) is 3.96. The van der Waals surface area contributed by atoms with Gasteiger partial charge in [0.05, 0.1) is 0 Å². The molecule has 1 nitrogen and oxygen atoms in total. The van der Waals surface area contributed by atoms with Crippen molar-refractivity contribution in [2.75, 3.05) is 0 Å². The zero-order valence-corrected chi connectivity index (χ0v) is 11.5. The lowest BCUT2D eigenvalue weighted by molar-refractivity contribution is 0.0924. The normalized spacial score (nSPS) is 14.8.